The first-order chi connectivity index (χ1) is 4.66. The number of ether oxygens (including phenoxy) is 1. The minimum Gasteiger partial charge on any atom is -0.469 e. The molecule has 0 aliphatic heterocycles. The van der Waals surface area contributed by atoms with E-state index in [1.165, 1.54) is 7.11 Å². The summed E-state index contributed by atoms with van der Waals surface area (Å²) in [7, 11) is 1.43. The first-order valence-corrected chi connectivity index (χ1v) is 3.40. The molecule has 0 N–H and O–H groups in total. The highest BCUT2D eigenvalue weighted by Gasteiger charge is 2.44. The van der Waals surface area contributed by atoms with Crippen molar-refractivity contribution >= 4 is 5.97 Å². The lowest BCUT2D eigenvalue weighted by Gasteiger charge is -1.95. The summed E-state index contributed by atoms with van der Waals surface area (Å²) < 4.78 is 4.57. The van der Waals surface area contributed by atoms with Crippen molar-refractivity contribution in [3.63, 3.8) is 0 Å². The summed E-state index contributed by atoms with van der Waals surface area (Å²) in [6.07, 6.45) is 0.933. The van der Waals surface area contributed by atoms with Crippen LogP contribution in [0.1, 0.15) is 13.3 Å². The van der Waals surface area contributed by atoms with Crippen molar-refractivity contribution in [3.8, 4) is 0 Å². The van der Waals surface area contributed by atoms with Crippen molar-refractivity contribution in [2.24, 2.45) is 11.8 Å². The van der Waals surface area contributed by atoms with E-state index in [2.05, 4.69) is 11.3 Å². The minimum absolute atomic E-state index is 0.0898. The number of hydrogen-bond acceptors (Lipinski definition) is 2. The van der Waals surface area contributed by atoms with Crippen molar-refractivity contribution < 1.29 is 9.53 Å². The fourth-order valence-electron chi connectivity index (χ4n) is 1.15. The third-order valence-corrected chi connectivity index (χ3v) is 1.93. The first kappa shape index (κ1) is 7.32. The van der Waals surface area contributed by atoms with Crippen LogP contribution in [0.4, 0.5) is 0 Å². The summed E-state index contributed by atoms with van der Waals surface area (Å²) in [5, 5.41) is 0. The summed E-state index contributed by atoms with van der Waals surface area (Å²) in [5.74, 6) is 0.419. The maximum atomic E-state index is 10.8. The van der Waals surface area contributed by atoms with E-state index in [4.69, 9.17) is 0 Å². The fourth-order valence-corrected chi connectivity index (χ4v) is 1.15. The fraction of sp³-hybridized carbons (Fsp3) is 0.625. The molecule has 1 fully saturated rings. The number of methoxy groups -OCH3 is 1. The van der Waals surface area contributed by atoms with Gasteiger partial charge in [-0.15, -0.1) is 0 Å². The van der Waals surface area contributed by atoms with Crippen LogP contribution in [-0.2, 0) is 9.53 Å². The van der Waals surface area contributed by atoms with Gasteiger partial charge in [-0.05, 0) is 19.3 Å². The van der Waals surface area contributed by atoms with E-state index < -0.39 is 0 Å². The standard InChI is InChI=1S/C8H12O2/c1-5(2)6-4-7(6)8(9)10-3/h6-7H,1,4H2,2-3H3/t6-,7+/m0/s1. The molecule has 1 aliphatic carbocycles. The number of carbonyl (C=O) groups is 1. The molecular formula is C8H12O2. The lowest BCUT2D eigenvalue weighted by atomic mass is 10.2. The van der Waals surface area contributed by atoms with E-state index in [-0.39, 0.29) is 11.9 Å². The average molecular weight is 140 g/mol. The van der Waals surface area contributed by atoms with E-state index in [0.717, 1.165) is 12.0 Å². The Hall–Kier alpha value is -0.790. The zero-order valence-electron chi connectivity index (χ0n) is 6.39. The number of rotatable bonds is 2. The minimum atomic E-state index is -0.0898. The average Bonchev–Trinajstić information content (AvgIpc) is 2.64. The highest BCUT2D eigenvalue weighted by atomic mass is 16.5. The predicted molar refractivity (Wildman–Crippen MR) is 38.4 cm³/mol. The van der Waals surface area contributed by atoms with Crippen molar-refractivity contribution in [1.29, 1.82) is 0 Å². The number of hydrogen-bond donors (Lipinski definition) is 0. The van der Waals surface area contributed by atoms with Gasteiger partial charge < -0.3 is 4.74 Å². The van der Waals surface area contributed by atoms with Crippen molar-refractivity contribution in [1.82, 2.24) is 0 Å². The topological polar surface area (TPSA) is 26.3 Å². The maximum Gasteiger partial charge on any atom is 0.309 e. The summed E-state index contributed by atoms with van der Waals surface area (Å²) >= 11 is 0. The van der Waals surface area contributed by atoms with Gasteiger partial charge in [-0.2, -0.15) is 0 Å². The molecular weight excluding hydrogens is 128 g/mol. The Bertz CT molecular complexity index is 172. The number of carbonyl (C=O) groups excluding carboxylic acids is 1. The van der Waals surface area contributed by atoms with Crippen LogP contribution in [-0.4, -0.2) is 13.1 Å². The third kappa shape index (κ3) is 1.20. The lowest BCUT2D eigenvalue weighted by Crippen LogP contribution is -2.04. The highest BCUT2D eigenvalue weighted by molar-refractivity contribution is 5.76. The molecule has 10 heavy (non-hydrogen) atoms. The molecule has 2 atom stereocenters. The Kier molecular flexibility index (Phi) is 1.79. The van der Waals surface area contributed by atoms with Gasteiger partial charge in [-0.1, -0.05) is 12.2 Å². The summed E-state index contributed by atoms with van der Waals surface area (Å²) in [4.78, 5) is 10.8. The van der Waals surface area contributed by atoms with Gasteiger partial charge in [0.05, 0.1) is 13.0 Å². The van der Waals surface area contributed by atoms with E-state index in [1.54, 1.807) is 0 Å². The Morgan fingerprint density at radius 3 is 2.50 bits per heavy atom. The Labute approximate surface area is 60.9 Å². The molecule has 0 radical (unpaired) electrons. The van der Waals surface area contributed by atoms with Crippen LogP contribution in [0.5, 0.6) is 0 Å². The summed E-state index contributed by atoms with van der Waals surface area (Å²) in [5.41, 5.74) is 1.09. The highest BCUT2D eigenvalue weighted by Crippen LogP contribution is 2.43. The van der Waals surface area contributed by atoms with Crippen molar-refractivity contribution in [3.05, 3.63) is 12.2 Å². The molecule has 1 aliphatic rings. The van der Waals surface area contributed by atoms with Gasteiger partial charge >= 0.3 is 5.97 Å². The van der Waals surface area contributed by atoms with Gasteiger partial charge in [0.2, 0.25) is 0 Å². The number of allylic oxidation sites excluding steroid dienone is 1. The largest absolute Gasteiger partial charge is 0.469 e. The maximum absolute atomic E-state index is 10.8. The van der Waals surface area contributed by atoms with Crippen LogP contribution in [0.3, 0.4) is 0 Å². The second-order valence-corrected chi connectivity index (χ2v) is 2.82. The molecule has 0 amide bonds. The molecule has 0 aromatic heterocycles. The summed E-state index contributed by atoms with van der Waals surface area (Å²) in [6.45, 7) is 5.73. The molecule has 0 unspecified atom stereocenters. The van der Waals surface area contributed by atoms with E-state index >= 15 is 0 Å². The zero-order chi connectivity index (χ0) is 7.72. The SMILES string of the molecule is C=C(C)[C@@H]1C[C@H]1C(=O)OC. The van der Waals surface area contributed by atoms with Gasteiger partial charge in [0.1, 0.15) is 0 Å². The molecule has 0 saturated heterocycles. The molecule has 56 valence electrons. The van der Waals surface area contributed by atoms with Crippen LogP contribution in [0, 0.1) is 11.8 Å². The predicted octanol–water partition coefficient (Wildman–Crippen LogP) is 1.37. The summed E-state index contributed by atoms with van der Waals surface area (Å²) in [6, 6.07) is 0. The monoisotopic (exact) mass is 140 g/mol. The second-order valence-electron chi connectivity index (χ2n) is 2.82. The quantitative estimate of drug-likeness (QED) is 0.427. The molecule has 0 bridgehead atoms. The van der Waals surface area contributed by atoms with Crippen molar-refractivity contribution in [2.75, 3.05) is 7.11 Å². The molecule has 1 rings (SSSR count). The zero-order valence-corrected chi connectivity index (χ0v) is 6.39. The molecule has 2 nitrogen and oxygen atoms in total. The normalized spacial score (nSPS) is 29.4. The Morgan fingerprint density at radius 1 is 1.60 bits per heavy atom. The van der Waals surface area contributed by atoms with Crippen LogP contribution in [0.25, 0.3) is 0 Å². The molecule has 0 heterocycles. The van der Waals surface area contributed by atoms with E-state index in [1.807, 2.05) is 6.92 Å². The molecule has 0 spiro atoms. The van der Waals surface area contributed by atoms with Crippen LogP contribution >= 0.6 is 0 Å². The smallest absolute Gasteiger partial charge is 0.309 e. The third-order valence-electron chi connectivity index (χ3n) is 1.93. The Morgan fingerprint density at radius 2 is 2.20 bits per heavy atom. The first-order valence-electron chi connectivity index (χ1n) is 3.40. The van der Waals surface area contributed by atoms with Gasteiger partial charge in [-0.3, -0.25) is 4.79 Å². The number of esters is 1. The van der Waals surface area contributed by atoms with Gasteiger partial charge in [0, 0.05) is 0 Å². The molecule has 0 aromatic rings. The molecule has 0 aromatic carbocycles. The second kappa shape index (κ2) is 2.45. The van der Waals surface area contributed by atoms with Crippen LogP contribution in [0.2, 0.25) is 0 Å². The van der Waals surface area contributed by atoms with E-state index in [0.29, 0.717) is 5.92 Å². The van der Waals surface area contributed by atoms with Gasteiger partial charge in [0.15, 0.2) is 0 Å². The van der Waals surface area contributed by atoms with Gasteiger partial charge in [-0.25, -0.2) is 0 Å². The van der Waals surface area contributed by atoms with E-state index in [9.17, 15) is 4.79 Å². The van der Waals surface area contributed by atoms with Crippen LogP contribution < -0.4 is 0 Å². The molecule has 1 saturated carbocycles. The van der Waals surface area contributed by atoms with Gasteiger partial charge in [0.25, 0.3) is 0 Å². The van der Waals surface area contributed by atoms with Crippen LogP contribution in [0.15, 0.2) is 12.2 Å². The lowest BCUT2D eigenvalue weighted by molar-refractivity contribution is -0.142. The van der Waals surface area contributed by atoms with Crippen molar-refractivity contribution in [2.45, 2.75) is 13.3 Å². The molecule has 2 heteroatoms. The Balaban J connectivity index is 2.38.